The molecule has 6 nitrogen and oxygen atoms in total. The number of hydrogen-bond acceptors (Lipinski definition) is 6. The Labute approximate surface area is 108 Å². The van der Waals surface area contributed by atoms with Crippen LogP contribution in [0.15, 0.2) is 6.07 Å². The minimum atomic E-state index is 0.157. The van der Waals surface area contributed by atoms with Crippen LogP contribution in [0.5, 0.6) is 0 Å². The van der Waals surface area contributed by atoms with Crippen molar-refractivity contribution in [1.82, 2.24) is 9.97 Å². The first-order chi connectivity index (χ1) is 8.69. The molecule has 0 aliphatic carbocycles. The van der Waals surface area contributed by atoms with Gasteiger partial charge in [-0.05, 0) is 20.3 Å². The van der Waals surface area contributed by atoms with Gasteiger partial charge in [0.1, 0.15) is 18.2 Å². The summed E-state index contributed by atoms with van der Waals surface area (Å²) in [6.45, 7) is 5.35. The molecule has 0 aliphatic rings. The molecule has 6 heteroatoms. The number of anilines is 2. The van der Waals surface area contributed by atoms with Gasteiger partial charge in [0, 0.05) is 32.4 Å². The fourth-order valence-electron chi connectivity index (χ4n) is 1.55. The van der Waals surface area contributed by atoms with E-state index in [1.54, 1.807) is 7.11 Å². The first-order valence-electron chi connectivity index (χ1n) is 6.17. The third-order valence-electron chi connectivity index (χ3n) is 2.36. The van der Waals surface area contributed by atoms with E-state index in [1.807, 2.05) is 19.9 Å². The number of aliphatic hydroxyl groups excluding tert-OH is 1. The number of aromatic nitrogens is 2. The minimum Gasteiger partial charge on any atom is -0.396 e. The number of methoxy groups -OCH3 is 1. The fraction of sp³-hybridized carbons (Fsp3) is 0.667. The molecular formula is C12H22N4O2. The molecular weight excluding hydrogens is 232 g/mol. The van der Waals surface area contributed by atoms with Gasteiger partial charge in [0.15, 0.2) is 5.82 Å². The van der Waals surface area contributed by atoms with E-state index in [4.69, 9.17) is 9.84 Å². The van der Waals surface area contributed by atoms with Crippen LogP contribution in [0.4, 0.5) is 11.6 Å². The summed E-state index contributed by atoms with van der Waals surface area (Å²) in [4.78, 5) is 8.69. The Bertz CT molecular complexity index is 336. The van der Waals surface area contributed by atoms with E-state index in [2.05, 4.69) is 20.6 Å². The Balaban J connectivity index is 2.81. The van der Waals surface area contributed by atoms with E-state index in [-0.39, 0.29) is 12.6 Å². The van der Waals surface area contributed by atoms with Gasteiger partial charge in [-0.25, -0.2) is 9.97 Å². The minimum absolute atomic E-state index is 0.157. The van der Waals surface area contributed by atoms with Crippen molar-refractivity contribution in [2.75, 3.05) is 30.9 Å². The maximum Gasteiger partial charge on any atom is 0.158 e. The smallest absolute Gasteiger partial charge is 0.158 e. The second kappa shape index (κ2) is 7.84. The molecule has 1 atom stereocenters. The number of ether oxygens (including phenoxy) is 1. The highest BCUT2D eigenvalue weighted by Gasteiger charge is 2.07. The molecule has 0 fully saturated rings. The van der Waals surface area contributed by atoms with Crippen LogP contribution in [-0.4, -0.2) is 41.4 Å². The second-order valence-corrected chi connectivity index (χ2v) is 4.08. The summed E-state index contributed by atoms with van der Waals surface area (Å²) in [5, 5.41) is 15.3. The summed E-state index contributed by atoms with van der Waals surface area (Å²) in [6, 6.07) is 2.02. The van der Waals surface area contributed by atoms with Crippen LogP contribution in [0, 0.1) is 0 Å². The van der Waals surface area contributed by atoms with E-state index < -0.39 is 0 Å². The van der Waals surface area contributed by atoms with E-state index >= 15 is 0 Å². The zero-order valence-electron chi connectivity index (χ0n) is 11.2. The van der Waals surface area contributed by atoms with E-state index in [0.717, 1.165) is 18.2 Å². The van der Waals surface area contributed by atoms with Crippen molar-refractivity contribution in [2.45, 2.75) is 32.9 Å². The predicted octanol–water partition coefficient (Wildman–Crippen LogP) is 1.24. The molecule has 3 N–H and O–H groups in total. The largest absolute Gasteiger partial charge is 0.396 e. The molecule has 0 aliphatic heterocycles. The molecule has 102 valence electrons. The van der Waals surface area contributed by atoms with Crippen LogP contribution in [0.3, 0.4) is 0 Å². The summed E-state index contributed by atoms with van der Waals surface area (Å²) < 4.78 is 5.05. The average molecular weight is 254 g/mol. The average Bonchev–Trinajstić information content (AvgIpc) is 2.29. The number of rotatable bonds is 8. The van der Waals surface area contributed by atoms with Crippen molar-refractivity contribution in [3.05, 3.63) is 11.9 Å². The lowest BCUT2D eigenvalue weighted by molar-refractivity contribution is 0.178. The molecule has 1 unspecified atom stereocenters. The Morgan fingerprint density at radius 3 is 2.72 bits per heavy atom. The van der Waals surface area contributed by atoms with Crippen LogP contribution in [-0.2, 0) is 11.3 Å². The van der Waals surface area contributed by atoms with Crippen LogP contribution in [0.2, 0.25) is 0 Å². The molecule has 0 amide bonds. The standard InChI is InChI=1S/C12H22N4O2/c1-4-13-10-7-11(14-9(2)5-6-17)16-12(15-10)8-18-3/h7,9,17H,4-6,8H2,1-3H3,(H2,13,14,15,16). The normalized spacial score (nSPS) is 12.2. The third-order valence-corrected chi connectivity index (χ3v) is 2.36. The molecule has 1 rings (SSSR count). The van der Waals surface area contributed by atoms with Gasteiger partial charge in [0.05, 0.1) is 0 Å². The van der Waals surface area contributed by atoms with E-state index in [0.29, 0.717) is 18.9 Å². The van der Waals surface area contributed by atoms with Crippen molar-refractivity contribution in [3.63, 3.8) is 0 Å². The first-order valence-corrected chi connectivity index (χ1v) is 6.17. The molecule has 18 heavy (non-hydrogen) atoms. The Kier molecular flexibility index (Phi) is 6.38. The van der Waals surface area contributed by atoms with Crippen molar-refractivity contribution < 1.29 is 9.84 Å². The van der Waals surface area contributed by atoms with Gasteiger partial charge in [-0.2, -0.15) is 0 Å². The first kappa shape index (κ1) is 14.7. The third kappa shape index (κ3) is 4.85. The van der Waals surface area contributed by atoms with Gasteiger partial charge in [0.25, 0.3) is 0 Å². The molecule has 0 aromatic carbocycles. The topological polar surface area (TPSA) is 79.3 Å². The Morgan fingerprint density at radius 2 is 2.11 bits per heavy atom. The highest BCUT2D eigenvalue weighted by Crippen LogP contribution is 2.13. The summed E-state index contributed by atoms with van der Waals surface area (Å²) in [6.07, 6.45) is 0.681. The summed E-state index contributed by atoms with van der Waals surface area (Å²) in [7, 11) is 1.62. The van der Waals surface area contributed by atoms with Gasteiger partial charge >= 0.3 is 0 Å². The monoisotopic (exact) mass is 254 g/mol. The Morgan fingerprint density at radius 1 is 1.39 bits per heavy atom. The van der Waals surface area contributed by atoms with Crippen LogP contribution in [0.25, 0.3) is 0 Å². The number of aliphatic hydroxyl groups is 1. The van der Waals surface area contributed by atoms with Crippen LogP contribution < -0.4 is 10.6 Å². The van der Waals surface area contributed by atoms with Crippen molar-refractivity contribution in [2.24, 2.45) is 0 Å². The molecule has 1 heterocycles. The highest BCUT2D eigenvalue weighted by atomic mass is 16.5. The lowest BCUT2D eigenvalue weighted by Gasteiger charge is -2.15. The second-order valence-electron chi connectivity index (χ2n) is 4.08. The predicted molar refractivity (Wildman–Crippen MR) is 71.7 cm³/mol. The Hall–Kier alpha value is -1.40. The molecule has 0 spiro atoms. The van der Waals surface area contributed by atoms with Gasteiger partial charge in [-0.3, -0.25) is 0 Å². The van der Waals surface area contributed by atoms with Gasteiger partial charge in [-0.15, -0.1) is 0 Å². The quantitative estimate of drug-likeness (QED) is 0.647. The molecule has 0 saturated heterocycles. The maximum atomic E-state index is 8.89. The lowest BCUT2D eigenvalue weighted by Crippen LogP contribution is -2.18. The van der Waals surface area contributed by atoms with E-state index in [1.165, 1.54) is 0 Å². The zero-order chi connectivity index (χ0) is 13.4. The van der Waals surface area contributed by atoms with Crippen molar-refractivity contribution >= 4 is 11.6 Å². The summed E-state index contributed by atoms with van der Waals surface area (Å²) in [5.74, 6) is 2.15. The van der Waals surface area contributed by atoms with E-state index in [9.17, 15) is 0 Å². The molecule has 1 aromatic heterocycles. The molecule has 0 bridgehead atoms. The SMILES string of the molecule is CCNc1cc(NC(C)CCO)nc(COC)n1. The number of hydrogen-bond donors (Lipinski definition) is 3. The van der Waals surface area contributed by atoms with Crippen molar-refractivity contribution in [1.29, 1.82) is 0 Å². The fourth-order valence-corrected chi connectivity index (χ4v) is 1.55. The van der Waals surface area contributed by atoms with Gasteiger partial charge in [-0.1, -0.05) is 0 Å². The number of nitrogens with zero attached hydrogens (tertiary/aromatic N) is 2. The highest BCUT2D eigenvalue weighted by molar-refractivity contribution is 5.47. The number of nitrogens with one attached hydrogen (secondary N) is 2. The van der Waals surface area contributed by atoms with Gasteiger partial charge in [0.2, 0.25) is 0 Å². The van der Waals surface area contributed by atoms with Gasteiger partial charge < -0.3 is 20.5 Å². The summed E-state index contributed by atoms with van der Waals surface area (Å²) >= 11 is 0. The maximum absolute atomic E-state index is 8.89. The lowest BCUT2D eigenvalue weighted by atomic mass is 10.2. The zero-order valence-corrected chi connectivity index (χ0v) is 11.2. The van der Waals surface area contributed by atoms with Crippen LogP contribution >= 0.6 is 0 Å². The van der Waals surface area contributed by atoms with Crippen molar-refractivity contribution in [3.8, 4) is 0 Å². The van der Waals surface area contributed by atoms with Crippen LogP contribution in [0.1, 0.15) is 26.1 Å². The molecule has 0 radical (unpaired) electrons. The molecule has 1 aromatic rings. The molecule has 0 saturated carbocycles. The summed E-state index contributed by atoms with van der Waals surface area (Å²) in [5.41, 5.74) is 0.